The molecule has 0 saturated heterocycles. The Hall–Kier alpha value is -3.22. The van der Waals surface area contributed by atoms with Crippen molar-refractivity contribution >= 4 is 17.6 Å². The molecule has 0 aliphatic rings. The van der Waals surface area contributed by atoms with Gasteiger partial charge in [0.1, 0.15) is 11.6 Å². The van der Waals surface area contributed by atoms with Gasteiger partial charge in [0.05, 0.1) is 6.61 Å². The molecular weight excluding hydrogens is 395 g/mol. The van der Waals surface area contributed by atoms with Crippen molar-refractivity contribution in [3.05, 3.63) is 60.7 Å². The third-order valence-electron chi connectivity index (χ3n) is 4.99. The van der Waals surface area contributed by atoms with Crippen LogP contribution in [-0.4, -0.2) is 33.9 Å². The van der Waals surface area contributed by atoms with Gasteiger partial charge in [-0.3, -0.25) is 9.48 Å². The first kappa shape index (κ1) is 22.5. The van der Waals surface area contributed by atoms with Crippen LogP contribution < -0.4 is 4.90 Å². The molecule has 164 valence electrons. The van der Waals surface area contributed by atoms with Gasteiger partial charge in [-0.2, -0.15) is 5.10 Å². The van der Waals surface area contributed by atoms with Crippen LogP contribution in [0.5, 0.6) is 0 Å². The molecule has 3 rings (SSSR count). The highest BCUT2D eigenvalue weighted by Crippen LogP contribution is 2.27. The number of hydrogen-bond acceptors (Lipinski definition) is 5. The van der Waals surface area contributed by atoms with Crippen molar-refractivity contribution in [1.29, 1.82) is 0 Å². The number of hydrogen-bond donors (Lipinski definition) is 0. The van der Waals surface area contributed by atoms with Crippen molar-refractivity contribution in [2.45, 2.75) is 39.0 Å². The van der Waals surface area contributed by atoms with Crippen LogP contribution in [0.3, 0.4) is 0 Å². The number of carbonyl (C=O) groups excluding carboxylic acids is 1. The van der Waals surface area contributed by atoms with Crippen LogP contribution in [0.25, 0.3) is 11.1 Å². The van der Waals surface area contributed by atoms with Gasteiger partial charge < -0.3 is 9.64 Å². The number of ether oxygens (including phenoxy) is 1. The molecule has 3 aromatic rings. The van der Waals surface area contributed by atoms with E-state index in [1.165, 1.54) is 12.1 Å². The van der Waals surface area contributed by atoms with Crippen molar-refractivity contribution in [2.75, 3.05) is 18.1 Å². The summed E-state index contributed by atoms with van der Waals surface area (Å²) in [6, 6.07) is 12.3. The van der Waals surface area contributed by atoms with E-state index in [1.807, 2.05) is 38.4 Å². The van der Waals surface area contributed by atoms with Crippen molar-refractivity contribution in [1.82, 2.24) is 14.8 Å². The molecule has 6 nitrogen and oxygen atoms in total. The van der Waals surface area contributed by atoms with Crippen LogP contribution in [0.4, 0.5) is 16.0 Å². The summed E-state index contributed by atoms with van der Waals surface area (Å²) in [5.74, 6) is 1.25. The Morgan fingerprint density at radius 3 is 2.52 bits per heavy atom. The number of esters is 1. The molecule has 0 spiro atoms. The van der Waals surface area contributed by atoms with Gasteiger partial charge in [-0.15, -0.1) is 0 Å². The van der Waals surface area contributed by atoms with E-state index in [9.17, 15) is 9.18 Å². The number of nitrogens with zero attached hydrogens (tertiary/aromatic N) is 4. The zero-order valence-electron chi connectivity index (χ0n) is 18.1. The second kappa shape index (κ2) is 11.2. The molecule has 0 radical (unpaired) electrons. The minimum atomic E-state index is -0.254. The van der Waals surface area contributed by atoms with Gasteiger partial charge in [0.2, 0.25) is 0 Å². The number of benzene rings is 1. The number of pyridine rings is 1. The molecule has 31 heavy (non-hydrogen) atoms. The molecule has 0 aliphatic carbocycles. The Labute approximate surface area is 182 Å². The molecule has 0 bridgehead atoms. The van der Waals surface area contributed by atoms with Gasteiger partial charge in [-0.05, 0) is 55.2 Å². The van der Waals surface area contributed by atoms with Crippen molar-refractivity contribution in [2.24, 2.45) is 7.05 Å². The fourth-order valence-electron chi connectivity index (χ4n) is 3.41. The van der Waals surface area contributed by atoms with Crippen LogP contribution in [0.1, 0.15) is 39.0 Å². The molecule has 0 aliphatic heterocycles. The molecule has 0 fully saturated rings. The average Bonchev–Trinajstić information content (AvgIpc) is 3.20. The van der Waals surface area contributed by atoms with Crippen LogP contribution in [0, 0.1) is 5.82 Å². The molecule has 1 aromatic carbocycles. The molecule has 0 saturated carbocycles. The second-order valence-corrected chi connectivity index (χ2v) is 7.38. The first-order valence-electron chi connectivity index (χ1n) is 10.7. The van der Waals surface area contributed by atoms with Crippen LogP contribution in [-0.2, 0) is 16.6 Å². The van der Waals surface area contributed by atoms with E-state index < -0.39 is 0 Å². The van der Waals surface area contributed by atoms with Gasteiger partial charge in [0, 0.05) is 38.5 Å². The van der Waals surface area contributed by atoms with Crippen molar-refractivity contribution in [3.8, 4) is 11.1 Å². The molecule has 0 unspecified atom stereocenters. The molecule has 0 atom stereocenters. The zero-order valence-corrected chi connectivity index (χ0v) is 18.1. The maximum atomic E-state index is 13.3. The first-order chi connectivity index (χ1) is 15.1. The van der Waals surface area contributed by atoms with Gasteiger partial charge >= 0.3 is 5.97 Å². The number of aryl methyl sites for hydroxylation is 1. The Kier molecular flexibility index (Phi) is 8.15. The Balaban J connectivity index is 1.66. The van der Waals surface area contributed by atoms with Crippen LogP contribution in [0.15, 0.2) is 54.9 Å². The van der Waals surface area contributed by atoms with E-state index in [4.69, 9.17) is 4.74 Å². The predicted molar refractivity (Wildman–Crippen MR) is 120 cm³/mol. The third kappa shape index (κ3) is 6.64. The second-order valence-electron chi connectivity index (χ2n) is 7.38. The fourth-order valence-corrected chi connectivity index (χ4v) is 3.41. The minimum absolute atomic E-state index is 0.126. The van der Waals surface area contributed by atoms with Crippen molar-refractivity contribution < 1.29 is 13.9 Å². The lowest BCUT2D eigenvalue weighted by molar-refractivity contribution is -0.143. The smallest absolute Gasteiger partial charge is 0.305 e. The summed E-state index contributed by atoms with van der Waals surface area (Å²) < 4.78 is 20.0. The van der Waals surface area contributed by atoms with Gasteiger partial charge in [0.25, 0.3) is 0 Å². The van der Waals surface area contributed by atoms with Crippen LogP contribution in [0.2, 0.25) is 0 Å². The lowest BCUT2D eigenvalue weighted by Gasteiger charge is -2.22. The maximum Gasteiger partial charge on any atom is 0.305 e. The number of carbonyl (C=O) groups is 1. The molecule has 7 heteroatoms. The highest BCUT2D eigenvalue weighted by atomic mass is 19.1. The standard InChI is InChI=1S/C24H29FN4O2/c1-3-31-24(30)8-6-4-5-7-16-29(22-14-17-28(2)27-22)23-18-20(13-15-26-23)19-9-11-21(25)12-10-19/h9-15,17-18H,3-8,16H2,1-2H3. The number of aromatic nitrogens is 3. The average molecular weight is 425 g/mol. The highest BCUT2D eigenvalue weighted by molar-refractivity contribution is 5.69. The molecule has 0 amide bonds. The van der Waals surface area contributed by atoms with Gasteiger partial charge in [-0.25, -0.2) is 9.37 Å². The normalized spacial score (nSPS) is 10.8. The minimum Gasteiger partial charge on any atom is -0.466 e. The maximum absolute atomic E-state index is 13.3. The topological polar surface area (TPSA) is 60.2 Å². The number of halogens is 1. The van der Waals surface area contributed by atoms with E-state index >= 15 is 0 Å². The lowest BCUT2D eigenvalue weighted by Crippen LogP contribution is -2.20. The fraction of sp³-hybridized carbons (Fsp3) is 0.375. The predicted octanol–water partition coefficient (Wildman–Crippen LogP) is 5.27. The largest absolute Gasteiger partial charge is 0.466 e. The summed E-state index contributed by atoms with van der Waals surface area (Å²) >= 11 is 0. The van der Waals surface area contributed by atoms with E-state index in [-0.39, 0.29) is 11.8 Å². The van der Waals surface area contributed by atoms with E-state index in [0.29, 0.717) is 13.0 Å². The summed E-state index contributed by atoms with van der Waals surface area (Å²) in [6.07, 6.45) is 7.90. The number of unbranched alkanes of at least 4 members (excludes halogenated alkanes) is 3. The molecule has 2 aromatic heterocycles. The Morgan fingerprint density at radius 2 is 1.81 bits per heavy atom. The van der Waals surface area contributed by atoms with Gasteiger partial charge in [-0.1, -0.05) is 25.0 Å². The van der Waals surface area contributed by atoms with Crippen LogP contribution >= 0.6 is 0 Å². The monoisotopic (exact) mass is 424 g/mol. The lowest BCUT2D eigenvalue weighted by atomic mass is 10.1. The summed E-state index contributed by atoms with van der Waals surface area (Å²) in [5.41, 5.74) is 1.91. The summed E-state index contributed by atoms with van der Waals surface area (Å²) in [7, 11) is 1.89. The van der Waals surface area contributed by atoms with Crippen molar-refractivity contribution in [3.63, 3.8) is 0 Å². The van der Waals surface area contributed by atoms with E-state index in [2.05, 4.69) is 15.0 Å². The Bertz CT molecular complexity index is 972. The molecule has 2 heterocycles. The summed E-state index contributed by atoms with van der Waals surface area (Å²) in [6.45, 7) is 3.02. The number of rotatable bonds is 11. The summed E-state index contributed by atoms with van der Waals surface area (Å²) in [4.78, 5) is 18.1. The quantitative estimate of drug-likeness (QED) is 0.310. The third-order valence-corrected chi connectivity index (χ3v) is 4.99. The van der Waals surface area contributed by atoms with E-state index in [0.717, 1.165) is 55.0 Å². The van der Waals surface area contributed by atoms with Gasteiger partial charge in [0.15, 0.2) is 5.82 Å². The highest BCUT2D eigenvalue weighted by Gasteiger charge is 2.14. The molecule has 0 N–H and O–H groups in total. The zero-order chi connectivity index (χ0) is 22.1. The summed E-state index contributed by atoms with van der Waals surface area (Å²) in [5, 5.41) is 4.55. The number of anilines is 2. The SMILES string of the molecule is CCOC(=O)CCCCCCN(c1cc(-c2ccc(F)cc2)ccn1)c1ccn(C)n1. The molecular formula is C24H29FN4O2. The Morgan fingerprint density at radius 1 is 1.03 bits per heavy atom. The first-order valence-corrected chi connectivity index (χ1v) is 10.7. The van der Waals surface area contributed by atoms with E-state index in [1.54, 1.807) is 23.0 Å².